The summed E-state index contributed by atoms with van der Waals surface area (Å²) >= 11 is 3.51. The number of esters is 2. The van der Waals surface area contributed by atoms with Gasteiger partial charge in [0, 0.05) is 12.1 Å². The van der Waals surface area contributed by atoms with Gasteiger partial charge in [-0.25, -0.2) is 9.59 Å². The van der Waals surface area contributed by atoms with Gasteiger partial charge in [0.2, 0.25) is 0 Å². The molecule has 0 amide bonds. The van der Waals surface area contributed by atoms with Crippen LogP contribution in [0.2, 0.25) is 0 Å². The maximum absolute atomic E-state index is 12.7. The average molecular weight is 430 g/mol. The second-order valence-corrected chi connectivity index (χ2v) is 9.15. The van der Waals surface area contributed by atoms with Crippen molar-refractivity contribution in [3.05, 3.63) is 34.4 Å². The highest BCUT2D eigenvalue weighted by atomic mass is 79.9. The number of halogens is 1. The van der Waals surface area contributed by atoms with E-state index in [9.17, 15) is 19.7 Å². The molecule has 0 unspecified atom stereocenters. The molecule has 0 radical (unpaired) electrons. The number of rotatable bonds is 5. The van der Waals surface area contributed by atoms with Crippen molar-refractivity contribution in [1.82, 2.24) is 0 Å². The predicted octanol–water partition coefficient (Wildman–Crippen LogP) is 4.27. The molecule has 1 aromatic rings. The van der Waals surface area contributed by atoms with Gasteiger partial charge >= 0.3 is 11.9 Å². The Bertz CT molecular complexity index is 671. The SMILES string of the molecule is CC(C)(C)C(Br)(C(=O)OC(=O)COc1ccc([N+](=O)[O-])cc1)C(C)(C)C. The number of non-ortho nitro benzene ring substituents is 1. The first-order valence-corrected chi connectivity index (χ1v) is 8.80. The van der Waals surface area contributed by atoms with Gasteiger partial charge in [0.15, 0.2) is 6.61 Å². The molecular weight excluding hydrogens is 406 g/mol. The smallest absolute Gasteiger partial charge is 0.351 e. The maximum atomic E-state index is 12.7. The highest BCUT2D eigenvalue weighted by molar-refractivity contribution is 9.10. The molecular formula is C18H24BrNO6. The molecule has 0 fully saturated rings. The lowest BCUT2D eigenvalue weighted by molar-refractivity contribution is -0.384. The Balaban J connectivity index is 2.77. The van der Waals surface area contributed by atoms with E-state index in [4.69, 9.17) is 9.47 Å². The minimum absolute atomic E-state index is 0.0884. The zero-order valence-corrected chi connectivity index (χ0v) is 17.4. The topological polar surface area (TPSA) is 95.7 Å². The van der Waals surface area contributed by atoms with E-state index in [0.717, 1.165) is 0 Å². The van der Waals surface area contributed by atoms with Crippen LogP contribution in [0.25, 0.3) is 0 Å². The van der Waals surface area contributed by atoms with Crippen molar-refractivity contribution in [3.8, 4) is 5.75 Å². The Morgan fingerprint density at radius 1 is 1.04 bits per heavy atom. The second-order valence-electron chi connectivity index (χ2n) is 7.96. The fraction of sp³-hybridized carbons (Fsp3) is 0.556. The summed E-state index contributed by atoms with van der Waals surface area (Å²) in [6, 6.07) is 5.25. The monoisotopic (exact) mass is 429 g/mol. The van der Waals surface area contributed by atoms with Gasteiger partial charge in [-0.1, -0.05) is 57.5 Å². The zero-order valence-electron chi connectivity index (χ0n) is 15.8. The van der Waals surface area contributed by atoms with Gasteiger partial charge in [-0.05, 0) is 23.0 Å². The highest BCUT2D eigenvalue weighted by Gasteiger charge is 2.56. The standard InChI is InChI=1S/C18H24BrNO6/c1-16(2,3)18(19,17(4,5)6)15(22)26-14(21)11-25-13-9-7-12(8-10-13)20(23)24/h7-10H,11H2,1-6H3. The zero-order chi connectivity index (χ0) is 20.3. The van der Waals surface area contributed by atoms with Crippen molar-refractivity contribution in [2.24, 2.45) is 10.8 Å². The number of alkyl halides is 1. The molecule has 0 aliphatic rings. The minimum Gasteiger partial charge on any atom is -0.482 e. The summed E-state index contributed by atoms with van der Waals surface area (Å²) in [6.45, 7) is 10.8. The molecule has 0 aliphatic carbocycles. The molecule has 144 valence electrons. The number of hydrogen-bond donors (Lipinski definition) is 0. The number of benzene rings is 1. The molecule has 0 spiro atoms. The van der Waals surface area contributed by atoms with Gasteiger partial charge in [0.25, 0.3) is 5.69 Å². The first-order valence-electron chi connectivity index (χ1n) is 8.01. The Labute approximate surface area is 161 Å². The van der Waals surface area contributed by atoms with Crippen LogP contribution in [0.15, 0.2) is 24.3 Å². The van der Waals surface area contributed by atoms with E-state index in [2.05, 4.69) is 15.9 Å². The quantitative estimate of drug-likeness (QED) is 0.228. The van der Waals surface area contributed by atoms with Crippen LogP contribution in [0.3, 0.4) is 0 Å². The van der Waals surface area contributed by atoms with Crippen LogP contribution in [0.5, 0.6) is 5.75 Å². The third kappa shape index (κ3) is 4.81. The lowest BCUT2D eigenvalue weighted by Gasteiger charge is -2.46. The molecule has 0 heterocycles. The first-order chi connectivity index (χ1) is 11.7. The van der Waals surface area contributed by atoms with E-state index in [-0.39, 0.29) is 11.4 Å². The lowest BCUT2D eigenvalue weighted by atomic mass is 9.66. The van der Waals surface area contributed by atoms with Crippen LogP contribution in [0.1, 0.15) is 41.5 Å². The fourth-order valence-corrected chi connectivity index (χ4v) is 2.83. The average Bonchev–Trinajstić information content (AvgIpc) is 2.50. The van der Waals surface area contributed by atoms with Crippen molar-refractivity contribution in [3.63, 3.8) is 0 Å². The molecule has 0 aliphatic heterocycles. The Hall–Kier alpha value is -1.96. The van der Waals surface area contributed by atoms with Crippen molar-refractivity contribution >= 4 is 33.6 Å². The van der Waals surface area contributed by atoms with Crippen molar-refractivity contribution in [2.45, 2.75) is 45.9 Å². The van der Waals surface area contributed by atoms with Gasteiger partial charge in [0.05, 0.1) is 4.92 Å². The summed E-state index contributed by atoms with van der Waals surface area (Å²) in [5, 5.41) is 10.6. The van der Waals surface area contributed by atoms with E-state index >= 15 is 0 Å². The van der Waals surface area contributed by atoms with Crippen LogP contribution in [0, 0.1) is 20.9 Å². The summed E-state index contributed by atoms with van der Waals surface area (Å²) in [7, 11) is 0. The molecule has 0 N–H and O–H groups in total. The number of nitro groups is 1. The van der Waals surface area contributed by atoms with Gasteiger partial charge < -0.3 is 9.47 Å². The molecule has 0 aromatic heterocycles. The Kier molecular flexibility index (Phi) is 6.57. The minimum atomic E-state index is -1.09. The lowest BCUT2D eigenvalue weighted by Crippen LogP contribution is -2.55. The molecule has 1 aromatic carbocycles. The molecule has 26 heavy (non-hydrogen) atoms. The first kappa shape index (κ1) is 22.1. The summed E-state index contributed by atoms with van der Waals surface area (Å²) in [5.74, 6) is -1.27. The molecule has 0 saturated heterocycles. The summed E-state index contributed by atoms with van der Waals surface area (Å²) in [6.07, 6.45) is 0. The Morgan fingerprint density at radius 2 is 1.50 bits per heavy atom. The number of hydrogen-bond acceptors (Lipinski definition) is 6. The number of carbonyl (C=O) groups is 2. The molecule has 0 bridgehead atoms. The highest BCUT2D eigenvalue weighted by Crippen LogP contribution is 2.51. The number of nitrogens with zero attached hydrogens (tertiary/aromatic N) is 1. The van der Waals surface area contributed by atoms with Crippen molar-refractivity contribution < 1.29 is 24.0 Å². The van der Waals surface area contributed by atoms with Crippen LogP contribution >= 0.6 is 15.9 Å². The van der Waals surface area contributed by atoms with Crippen molar-refractivity contribution in [2.75, 3.05) is 6.61 Å². The molecule has 1 rings (SSSR count). The third-order valence-corrected chi connectivity index (χ3v) is 6.66. The van der Waals surface area contributed by atoms with Crippen molar-refractivity contribution in [1.29, 1.82) is 0 Å². The second kappa shape index (κ2) is 7.73. The van der Waals surface area contributed by atoms with E-state index in [0.29, 0.717) is 0 Å². The van der Waals surface area contributed by atoms with Crippen LogP contribution < -0.4 is 4.74 Å². The van der Waals surface area contributed by atoms with Crippen LogP contribution in [0.4, 0.5) is 5.69 Å². The normalized spacial score (nSPS) is 12.4. The van der Waals surface area contributed by atoms with Gasteiger partial charge in [-0.3, -0.25) is 10.1 Å². The van der Waals surface area contributed by atoms with E-state index < -0.39 is 38.6 Å². The third-order valence-electron chi connectivity index (χ3n) is 3.96. The molecule has 0 saturated carbocycles. The summed E-state index contributed by atoms with van der Waals surface area (Å²) in [4.78, 5) is 34.8. The summed E-state index contributed by atoms with van der Waals surface area (Å²) < 4.78 is 9.13. The van der Waals surface area contributed by atoms with Gasteiger partial charge in [0.1, 0.15) is 10.1 Å². The number of nitro benzene ring substituents is 1. The van der Waals surface area contributed by atoms with Gasteiger partial charge in [-0.15, -0.1) is 0 Å². The fourth-order valence-electron chi connectivity index (χ4n) is 2.75. The molecule has 0 atom stereocenters. The van der Waals surface area contributed by atoms with E-state index in [1.165, 1.54) is 24.3 Å². The Morgan fingerprint density at radius 3 is 1.88 bits per heavy atom. The number of carbonyl (C=O) groups excluding carboxylic acids is 2. The van der Waals surface area contributed by atoms with Crippen LogP contribution in [-0.4, -0.2) is 27.8 Å². The molecule has 8 heteroatoms. The summed E-state index contributed by atoms with van der Waals surface area (Å²) in [5.41, 5.74) is -1.11. The largest absolute Gasteiger partial charge is 0.482 e. The van der Waals surface area contributed by atoms with E-state index in [1.807, 2.05) is 41.5 Å². The number of ether oxygens (including phenoxy) is 2. The van der Waals surface area contributed by atoms with Gasteiger partial charge in [-0.2, -0.15) is 0 Å². The predicted molar refractivity (Wildman–Crippen MR) is 100 cm³/mol. The van der Waals surface area contributed by atoms with E-state index in [1.54, 1.807) is 0 Å². The molecule has 7 nitrogen and oxygen atoms in total. The maximum Gasteiger partial charge on any atom is 0.351 e. The van der Waals surface area contributed by atoms with Crippen LogP contribution in [-0.2, 0) is 14.3 Å².